The largest absolute Gasteiger partial charge is 0.393 e. The molecule has 1 aliphatic rings. The van der Waals surface area contributed by atoms with Gasteiger partial charge in [-0.1, -0.05) is 46.5 Å². The number of aliphatic hydroxyl groups excluding tert-OH is 1. The molecule has 0 aliphatic heterocycles. The lowest BCUT2D eigenvalue weighted by molar-refractivity contribution is 0.0418. The fraction of sp³-hybridized carbons (Fsp3) is 1.00. The SMILES string of the molecule is CC(C)(C)C(O)CC1CCCC1. The first-order valence-corrected chi connectivity index (χ1v) is 5.18. The molecule has 12 heavy (non-hydrogen) atoms. The highest BCUT2D eigenvalue weighted by Gasteiger charge is 2.26. The maximum Gasteiger partial charge on any atom is 0.0591 e. The second kappa shape index (κ2) is 3.78. The van der Waals surface area contributed by atoms with E-state index in [1.165, 1.54) is 25.7 Å². The molecule has 1 rings (SSSR count). The molecule has 0 saturated heterocycles. The lowest BCUT2D eigenvalue weighted by Gasteiger charge is -2.27. The predicted molar refractivity (Wildman–Crippen MR) is 52.0 cm³/mol. The Hall–Kier alpha value is -0.0400. The number of rotatable bonds is 2. The van der Waals surface area contributed by atoms with E-state index in [0.29, 0.717) is 0 Å². The fourth-order valence-electron chi connectivity index (χ4n) is 1.92. The van der Waals surface area contributed by atoms with Gasteiger partial charge in [0, 0.05) is 0 Å². The standard InChI is InChI=1S/C11H22O/c1-11(2,3)10(12)8-9-6-4-5-7-9/h9-10,12H,4-8H2,1-3H3. The average Bonchev–Trinajstić information content (AvgIpc) is 2.37. The summed E-state index contributed by atoms with van der Waals surface area (Å²) in [6.07, 6.45) is 6.34. The molecule has 0 spiro atoms. The molecule has 0 aromatic heterocycles. The van der Waals surface area contributed by atoms with Crippen molar-refractivity contribution in [2.45, 2.75) is 59.0 Å². The summed E-state index contributed by atoms with van der Waals surface area (Å²) in [6, 6.07) is 0. The normalized spacial score (nSPS) is 23.0. The third-order valence-corrected chi connectivity index (χ3v) is 3.03. The first-order valence-electron chi connectivity index (χ1n) is 5.18. The first kappa shape index (κ1) is 10.0. The Balaban J connectivity index is 2.30. The van der Waals surface area contributed by atoms with Crippen molar-refractivity contribution in [2.24, 2.45) is 11.3 Å². The Bertz CT molecular complexity index is 128. The Morgan fingerprint density at radius 2 is 1.75 bits per heavy atom. The zero-order valence-electron chi connectivity index (χ0n) is 8.64. The quantitative estimate of drug-likeness (QED) is 0.675. The van der Waals surface area contributed by atoms with Crippen molar-refractivity contribution in [3.8, 4) is 0 Å². The monoisotopic (exact) mass is 170 g/mol. The van der Waals surface area contributed by atoms with Crippen LogP contribution in [0.5, 0.6) is 0 Å². The summed E-state index contributed by atoms with van der Waals surface area (Å²) >= 11 is 0. The van der Waals surface area contributed by atoms with Gasteiger partial charge in [-0.2, -0.15) is 0 Å². The summed E-state index contributed by atoms with van der Waals surface area (Å²) in [4.78, 5) is 0. The molecule has 0 amide bonds. The van der Waals surface area contributed by atoms with E-state index >= 15 is 0 Å². The molecule has 1 saturated carbocycles. The summed E-state index contributed by atoms with van der Waals surface area (Å²) in [5.74, 6) is 0.805. The predicted octanol–water partition coefficient (Wildman–Crippen LogP) is 2.97. The van der Waals surface area contributed by atoms with Crippen LogP contribution < -0.4 is 0 Å². The van der Waals surface area contributed by atoms with Crippen molar-refractivity contribution in [1.82, 2.24) is 0 Å². The molecule has 0 heterocycles. The lowest BCUT2D eigenvalue weighted by atomic mass is 9.83. The van der Waals surface area contributed by atoms with Crippen LogP contribution in [-0.4, -0.2) is 11.2 Å². The zero-order valence-corrected chi connectivity index (χ0v) is 8.64. The van der Waals surface area contributed by atoms with Gasteiger partial charge in [0.05, 0.1) is 6.10 Å². The van der Waals surface area contributed by atoms with E-state index in [1.807, 2.05) is 0 Å². The van der Waals surface area contributed by atoms with Crippen molar-refractivity contribution in [1.29, 1.82) is 0 Å². The summed E-state index contributed by atoms with van der Waals surface area (Å²) in [5, 5.41) is 9.85. The Labute approximate surface area is 76.2 Å². The van der Waals surface area contributed by atoms with E-state index in [2.05, 4.69) is 20.8 Å². The minimum absolute atomic E-state index is 0.0720. The molecule has 1 N–H and O–H groups in total. The van der Waals surface area contributed by atoms with Crippen LogP contribution in [0.2, 0.25) is 0 Å². The van der Waals surface area contributed by atoms with Gasteiger partial charge in [0.25, 0.3) is 0 Å². The molecular formula is C11H22O. The maximum absolute atomic E-state index is 9.85. The van der Waals surface area contributed by atoms with Gasteiger partial charge in [-0.15, -0.1) is 0 Å². The molecule has 0 bridgehead atoms. The van der Waals surface area contributed by atoms with Gasteiger partial charge in [0.1, 0.15) is 0 Å². The van der Waals surface area contributed by atoms with Crippen LogP contribution >= 0.6 is 0 Å². The highest BCUT2D eigenvalue weighted by atomic mass is 16.3. The van der Waals surface area contributed by atoms with E-state index < -0.39 is 0 Å². The molecule has 1 heteroatoms. The molecule has 72 valence electrons. The molecule has 0 radical (unpaired) electrons. The van der Waals surface area contributed by atoms with Crippen LogP contribution in [0.25, 0.3) is 0 Å². The number of hydrogen-bond acceptors (Lipinski definition) is 1. The van der Waals surface area contributed by atoms with Crippen molar-refractivity contribution >= 4 is 0 Å². The minimum atomic E-state index is -0.111. The minimum Gasteiger partial charge on any atom is -0.393 e. The van der Waals surface area contributed by atoms with Gasteiger partial charge < -0.3 is 5.11 Å². The highest BCUT2D eigenvalue weighted by Crippen LogP contribution is 2.33. The summed E-state index contributed by atoms with van der Waals surface area (Å²) in [5.41, 5.74) is 0.0720. The van der Waals surface area contributed by atoms with Crippen LogP contribution in [0.3, 0.4) is 0 Å². The summed E-state index contributed by atoms with van der Waals surface area (Å²) in [6.45, 7) is 6.35. The van der Waals surface area contributed by atoms with Crippen LogP contribution in [0.1, 0.15) is 52.9 Å². The maximum atomic E-state index is 9.85. The Morgan fingerprint density at radius 1 is 1.25 bits per heavy atom. The molecule has 1 nitrogen and oxygen atoms in total. The molecule has 1 fully saturated rings. The Kier molecular flexibility index (Phi) is 3.16. The smallest absolute Gasteiger partial charge is 0.0591 e. The lowest BCUT2D eigenvalue weighted by Crippen LogP contribution is -2.27. The van der Waals surface area contributed by atoms with Gasteiger partial charge in [0.15, 0.2) is 0 Å². The van der Waals surface area contributed by atoms with Crippen LogP contribution in [0.15, 0.2) is 0 Å². The molecule has 1 atom stereocenters. The summed E-state index contributed by atoms with van der Waals surface area (Å²) in [7, 11) is 0. The van der Waals surface area contributed by atoms with E-state index in [4.69, 9.17) is 0 Å². The number of aliphatic hydroxyl groups is 1. The third kappa shape index (κ3) is 2.78. The van der Waals surface area contributed by atoms with Crippen LogP contribution in [0.4, 0.5) is 0 Å². The van der Waals surface area contributed by atoms with E-state index in [0.717, 1.165) is 12.3 Å². The van der Waals surface area contributed by atoms with Gasteiger partial charge >= 0.3 is 0 Å². The molecule has 1 aliphatic carbocycles. The molecule has 1 unspecified atom stereocenters. The van der Waals surface area contributed by atoms with Gasteiger partial charge in [-0.05, 0) is 17.8 Å². The third-order valence-electron chi connectivity index (χ3n) is 3.03. The topological polar surface area (TPSA) is 20.2 Å². The van der Waals surface area contributed by atoms with Crippen molar-refractivity contribution < 1.29 is 5.11 Å². The van der Waals surface area contributed by atoms with E-state index in [-0.39, 0.29) is 11.5 Å². The molecule has 0 aromatic carbocycles. The first-order chi connectivity index (χ1) is 5.50. The summed E-state index contributed by atoms with van der Waals surface area (Å²) < 4.78 is 0. The zero-order chi connectivity index (χ0) is 9.19. The van der Waals surface area contributed by atoms with Crippen LogP contribution in [0, 0.1) is 11.3 Å². The van der Waals surface area contributed by atoms with E-state index in [9.17, 15) is 5.11 Å². The fourth-order valence-corrected chi connectivity index (χ4v) is 1.92. The van der Waals surface area contributed by atoms with Crippen LogP contribution in [-0.2, 0) is 0 Å². The Morgan fingerprint density at radius 3 is 2.17 bits per heavy atom. The second-order valence-electron chi connectivity index (χ2n) is 5.27. The van der Waals surface area contributed by atoms with E-state index in [1.54, 1.807) is 0 Å². The van der Waals surface area contributed by atoms with Crippen molar-refractivity contribution in [2.75, 3.05) is 0 Å². The highest BCUT2D eigenvalue weighted by molar-refractivity contribution is 4.78. The van der Waals surface area contributed by atoms with Gasteiger partial charge in [-0.25, -0.2) is 0 Å². The van der Waals surface area contributed by atoms with Crippen molar-refractivity contribution in [3.63, 3.8) is 0 Å². The van der Waals surface area contributed by atoms with Gasteiger partial charge in [-0.3, -0.25) is 0 Å². The van der Waals surface area contributed by atoms with Crippen molar-refractivity contribution in [3.05, 3.63) is 0 Å². The second-order valence-corrected chi connectivity index (χ2v) is 5.27. The van der Waals surface area contributed by atoms with Gasteiger partial charge in [0.2, 0.25) is 0 Å². The molecule has 0 aromatic rings. The average molecular weight is 170 g/mol. The number of hydrogen-bond donors (Lipinski definition) is 1. The molecular weight excluding hydrogens is 148 g/mol.